The Bertz CT molecular complexity index is 2190. The highest BCUT2D eigenvalue weighted by atomic mass is 15.0. The molecule has 0 saturated carbocycles. The fourth-order valence-corrected chi connectivity index (χ4v) is 7.22. The maximum atomic E-state index is 2.55. The Hall–Kier alpha value is -4.30. The van der Waals surface area contributed by atoms with Gasteiger partial charge in [0.05, 0.1) is 33.3 Å². The second-order valence-electron chi connectivity index (χ2n) is 10.6. The second-order valence-corrected chi connectivity index (χ2v) is 10.6. The van der Waals surface area contributed by atoms with Gasteiger partial charge in [0.2, 0.25) is 0 Å². The van der Waals surface area contributed by atoms with Gasteiger partial charge in [0, 0.05) is 37.7 Å². The first-order chi connectivity index (χ1) is 18.2. The molecule has 2 nitrogen and oxygen atoms in total. The lowest BCUT2D eigenvalue weighted by atomic mass is 9.72. The van der Waals surface area contributed by atoms with Crippen molar-refractivity contribution in [3.05, 3.63) is 108 Å². The van der Waals surface area contributed by atoms with Crippen molar-refractivity contribution in [2.24, 2.45) is 0 Å². The molecule has 0 spiro atoms. The van der Waals surface area contributed by atoms with Crippen LogP contribution in [0.5, 0.6) is 0 Å². The summed E-state index contributed by atoms with van der Waals surface area (Å²) in [6.45, 7) is 8.83. The van der Waals surface area contributed by atoms with E-state index in [0.29, 0.717) is 0 Å². The number of hydrogen-bond acceptors (Lipinski definition) is 0. The van der Waals surface area contributed by atoms with Crippen LogP contribution in [-0.4, -0.2) is 8.97 Å². The van der Waals surface area contributed by atoms with Crippen molar-refractivity contribution >= 4 is 59.9 Å². The van der Waals surface area contributed by atoms with E-state index >= 15 is 0 Å². The Morgan fingerprint density at radius 2 is 1.11 bits per heavy atom. The van der Waals surface area contributed by atoms with Gasteiger partial charge in [-0.2, -0.15) is 0 Å². The van der Waals surface area contributed by atoms with Crippen molar-refractivity contribution in [2.75, 3.05) is 0 Å². The predicted octanol–water partition coefficient (Wildman–Crippen LogP) is 9.60. The molecule has 37 heavy (non-hydrogen) atoms. The molecule has 0 unspecified atom stereocenters. The molecule has 3 aromatic heterocycles. The van der Waals surface area contributed by atoms with Gasteiger partial charge in [0.15, 0.2) is 0 Å². The SMILES string of the molecule is CC.CC1(C)c2c(cc3c4ccccc4n4c5ccccc5c2c34)-n2c3ccccc3c3cccc1c32. The Balaban J connectivity index is 0.00000105. The standard InChI is InChI=1S/C33H22N2.C2H6/c1-33(2)24-14-9-13-21-19-10-3-6-15-25(19)35(31(21)24)28-18-23-20-11-4-7-16-26(20)34-27-17-8-5-12-22(27)29(30(28)33)32(23)34;1-2/h3-18H,1-2H3;1-2H3. The first-order valence-corrected chi connectivity index (χ1v) is 13.4. The third-order valence-electron chi connectivity index (χ3n) is 8.59. The molecule has 0 bridgehead atoms. The highest BCUT2D eigenvalue weighted by Crippen LogP contribution is 2.53. The molecular formula is C35H28N2. The van der Waals surface area contributed by atoms with Gasteiger partial charge in [0.25, 0.3) is 0 Å². The number of rotatable bonds is 0. The van der Waals surface area contributed by atoms with E-state index in [-0.39, 0.29) is 5.41 Å². The molecule has 1 aliphatic heterocycles. The molecule has 5 aromatic carbocycles. The van der Waals surface area contributed by atoms with Gasteiger partial charge in [-0.15, -0.1) is 0 Å². The predicted molar refractivity (Wildman–Crippen MR) is 159 cm³/mol. The molecule has 178 valence electrons. The third-order valence-corrected chi connectivity index (χ3v) is 8.59. The van der Waals surface area contributed by atoms with Crippen molar-refractivity contribution in [1.82, 2.24) is 8.97 Å². The summed E-state index contributed by atoms with van der Waals surface area (Å²) in [6.07, 6.45) is 0. The molecule has 2 heteroatoms. The summed E-state index contributed by atoms with van der Waals surface area (Å²) >= 11 is 0. The van der Waals surface area contributed by atoms with Crippen LogP contribution in [-0.2, 0) is 5.41 Å². The lowest BCUT2D eigenvalue weighted by Gasteiger charge is -2.35. The summed E-state index contributed by atoms with van der Waals surface area (Å²) in [4.78, 5) is 0. The number of benzene rings is 5. The van der Waals surface area contributed by atoms with Gasteiger partial charge in [-0.05, 0) is 35.4 Å². The number of aromatic nitrogens is 2. The molecule has 0 aliphatic carbocycles. The van der Waals surface area contributed by atoms with E-state index in [0.717, 1.165) is 0 Å². The lowest BCUT2D eigenvalue weighted by Crippen LogP contribution is -2.26. The van der Waals surface area contributed by atoms with Gasteiger partial charge in [0.1, 0.15) is 0 Å². The summed E-state index contributed by atoms with van der Waals surface area (Å²) < 4.78 is 5.04. The van der Waals surface area contributed by atoms with Crippen LogP contribution in [0.15, 0.2) is 97.1 Å². The lowest BCUT2D eigenvalue weighted by molar-refractivity contribution is 0.637. The van der Waals surface area contributed by atoms with Crippen LogP contribution in [0.4, 0.5) is 0 Å². The summed E-state index contributed by atoms with van der Waals surface area (Å²) in [7, 11) is 0. The zero-order valence-corrected chi connectivity index (χ0v) is 21.6. The van der Waals surface area contributed by atoms with Gasteiger partial charge in [-0.25, -0.2) is 0 Å². The molecule has 0 fully saturated rings. The van der Waals surface area contributed by atoms with E-state index in [1.807, 2.05) is 13.8 Å². The smallest absolute Gasteiger partial charge is 0.0625 e. The minimum absolute atomic E-state index is 0.137. The first kappa shape index (κ1) is 20.8. The van der Waals surface area contributed by atoms with Gasteiger partial charge in [-0.3, -0.25) is 0 Å². The molecule has 8 aromatic rings. The topological polar surface area (TPSA) is 9.34 Å². The highest BCUT2D eigenvalue weighted by Gasteiger charge is 2.38. The van der Waals surface area contributed by atoms with Crippen molar-refractivity contribution in [1.29, 1.82) is 0 Å². The minimum Gasteiger partial charge on any atom is -0.309 e. The Morgan fingerprint density at radius 3 is 1.84 bits per heavy atom. The van der Waals surface area contributed by atoms with Crippen molar-refractivity contribution in [3.8, 4) is 5.69 Å². The van der Waals surface area contributed by atoms with Gasteiger partial charge in [-0.1, -0.05) is 100 Å². The van der Waals surface area contributed by atoms with E-state index in [1.54, 1.807) is 0 Å². The molecule has 1 aliphatic rings. The zero-order valence-electron chi connectivity index (χ0n) is 21.6. The highest BCUT2D eigenvalue weighted by molar-refractivity contribution is 6.26. The summed E-state index contributed by atoms with van der Waals surface area (Å²) in [5.74, 6) is 0. The van der Waals surface area contributed by atoms with Crippen molar-refractivity contribution in [3.63, 3.8) is 0 Å². The monoisotopic (exact) mass is 476 g/mol. The van der Waals surface area contributed by atoms with E-state index < -0.39 is 0 Å². The summed E-state index contributed by atoms with van der Waals surface area (Å²) in [5, 5.41) is 8.07. The average Bonchev–Trinajstić information content (AvgIpc) is 3.58. The average molecular weight is 477 g/mol. The summed E-state index contributed by atoms with van der Waals surface area (Å²) in [6, 6.07) is 36.0. The van der Waals surface area contributed by atoms with Crippen molar-refractivity contribution in [2.45, 2.75) is 33.1 Å². The molecule has 0 radical (unpaired) electrons. The Morgan fingerprint density at radius 1 is 0.541 bits per heavy atom. The second kappa shape index (κ2) is 6.92. The number of fused-ring (bicyclic) bond motifs is 12. The maximum Gasteiger partial charge on any atom is 0.0625 e. The fraction of sp³-hybridized carbons (Fsp3) is 0.143. The molecule has 0 saturated heterocycles. The van der Waals surface area contributed by atoms with Crippen LogP contribution in [0.3, 0.4) is 0 Å². The van der Waals surface area contributed by atoms with E-state index in [9.17, 15) is 0 Å². The Kier molecular flexibility index (Phi) is 3.90. The third kappa shape index (κ3) is 2.28. The molecule has 0 atom stereocenters. The van der Waals surface area contributed by atoms with Gasteiger partial charge < -0.3 is 8.97 Å². The van der Waals surface area contributed by atoms with E-state index in [1.165, 1.54) is 76.7 Å². The first-order valence-electron chi connectivity index (χ1n) is 13.4. The zero-order chi connectivity index (χ0) is 25.1. The fourth-order valence-electron chi connectivity index (χ4n) is 7.22. The molecule has 0 amide bonds. The van der Waals surface area contributed by atoms with E-state index in [2.05, 4.69) is 120 Å². The number of nitrogens with zero attached hydrogens (tertiary/aromatic N) is 2. The maximum absolute atomic E-state index is 2.55. The van der Waals surface area contributed by atoms with Crippen molar-refractivity contribution < 1.29 is 0 Å². The number of para-hydroxylation sites is 4. The normalized spacial score (nSPS) is 14.2. The quantitative estimate of drug-likeness (QED) is 0.206. The molecule has 9 rings (SSSR count). The van der Waals surface area contributed by atoms with Gasteiger partial charge >= 0.3 is 0 Å². The van der Waals surface area contributed by atoms with Crippen LogP contribution in [0.25, 0.3) is 65.6 Å². The minimum atomic E-state index is -0.137. The largest absolute Gasteiger partial charge is 0.309 e. The van der Waals surface area contributed by atoms with E-state index in [4.69, 9.17) is 0 Å². The molecule has 4 heterocycles. The Labute approximate surface area is 215 Å². The number of hydrogen-bond donors (Lipinski definition) is 0. The molecular weight excluding hydrogens is 448 g/mol. The van der Waals surface area contributed by atoms with Crippen LogP contribution in [0, 0.1) is 0 Å². The van der Waals surface area contributed by atoms with Crippen LogP contribution >= 0.6 is 0 Å². The van der Waals surface area contributed by atoms with Crippen LogP contribution in [0.1, 0.15) is 38.8 Å². The van der Waals surface area contributed by atoms with Crippen LogP contribution < -0.4 is 0 Å². The summed E-state index contributed by atoms with van der Waals surface area (Å²) in [5.41, 5.74) is 10.6. The van der Waals surface area contributed by atoms with Crippen LogP contribution in [0.2, 0.25) is 0 Å². The molecule has 0 N–H and O–H groups in total.